The molecule has 2 aromatic heterocycles. The van der Waals surface area contributed by atoms with Crippen molar-refractivity contribution in [2.45, 2.75) is 29.8 Å². The minimum atomic E-state index is -0.912. The fourth-order valence-electron chi connectivity index (χ4n) is 4.17. The van der Waals surface area contributed by atoms with E-state index in [-0.39, 0.29) is 18.8 Å². The Morgan fingerprint density at radius 2 is 1.90 bits per heavy atom. The number of benzene rings is 2. The van der Waals surface area contributed by atoms with Gasteiger partial charge in [0.15, 0.2) is 17.0 Å². The van der Waals surface area contributed by atoms with Crippen LogP contribution in [0.2, 0.25) is 0 Å². The molecule has 0 aliphatic carbocycles. The third-order valence-electron chi connectivity index (χ3n) is 6.08. The molecular weight excluding hydrogens is 526 g/mol. The number of carbonyl (C=O) groups is 2. The second-order valence-electron chi connectivity index (χ2n) is 8.45. The molecule has 0 radical (unpaired) electrons. The summed E-state index contributed by atoms with van der Waals surface area (Å²) < 4.78 is 23.4. The van der Waals surface area contributed by atoms with E-state index in [1.807, 2.05) is 18.4 Å². The van der Waals surface area contributed by atoms with Gasteiger partial charge in [0.1, 0.15) is 36.8 Å². The summed E-state index contributed by atoms with van der Waals surface area (Å²) in [7, 11) is 1.48. The van der Waals surface area contributed by atoms with Crippen molar-refractivity contribution in [2.75, 3.05) is 25.3 Å². The summed E-state index contributed by atoms with van der Waals surface area (Å²) in [4.78, 5) is 38.7. The first-order valence-electron chi connectivity index (χ1n) is 11.9. The molecule has 2 N–H and O–H groups in total. The van der Waals surface area contributed by atoms with Crippen LogP contribution in [0.5, 0.6) is 11.5 Å². The molecule has 3 atom stereocenters. The molecule has 0 spiro atoms. The summed E-state index contributed by atoms with van der Waals surface area (Å²) in [5.74, 6) is 0.601. The number of carbonyl (C=O) groups excluding carboxylic acids is 2. The standard InChI is InChI=1S/C26H25N5O7S/c1-35-17-8-4-3-7-15(17)25(33)30-23-22-24(28-13-27-23)31(14-29-22)21-11-16(32)19(37-21)12-36-26(34)38-18-9-5-6-10-20(18)39-2/h3-10,13-14,16,19,21,32H,11-12H2,1-2H3,(H,27,28,30,33)/t16-,19+,21+/m0/s1. The molecule has 1 fully saturated rings. The number of ether oxygens (including phenoxy) is 4. The van der Waals surface area contributed by atoms with Crippen LogP contribution < -0.4 is 14.8 Å². The Morgan fingerprint density at radius 3 is 2.69 bits per heavy atom. The number of rotatable bonds is 8. The highest BCUT2D eigenvalue weighted by molar-refractivity contribution is 7.98. The number of aliphatic hydroxyl groups excluding tert-OH is 1. The fraction of sp³-hybridized carbons (Fsp3) is 0.269. The van der Waals surface area contributed by atoms with Gasteiger partial charge in [0, 0.05) is 6.42 Å². The molecule has 1 saturated heterocycles. The zero-order valence-electron chi connectivity index (χ0n) is 21.0. The molecule has 4 aromatic rings. The summed E-state index contributed by atoms with van der Waals surface area (Å²) in [6.07, 6.45) is 1.63. The normalized spacial score (nSPS) is 18.6. The van der Waals surface area contributed by atoms with E-state index in [9.17, 15) is 14.7 Å². The van der Waals surface area contributed by atoms with Crippen LogP contribution in [0.25, 0.3) is 11.2 Å². The second kappa shape index (κ2) is 11.7. The first kappa shape index (κ1) is 26.4. The molecule has 39 heavy (non-hydrogen) atoms. The highest BCUT2D eigenvalue weighted by Gasteiger charge is 2.37. The van der Waals surface area contributed by atoms with E-state index in [4.69, 9.17) is 18.9 Å². The maximum Gasteiger partial charge on any atom is 0.513 e. The molecule has 0 saturated carbocycles. The van der Waals surface area contributed by atoms with E-state index in [0.29, 0.717) is 28.2 Å². The van der Waals surface area contributed by atoms with Crippen LogP contribution in [0, 0.1) is 0 Å². The van der Waals surface area contributed by atoms with Crippen LogP contribution in [-0.4, -0.2) is 68.9 Å². The van der Waals surface area contributed by atoms with E-state index in [0.717, 1.165) is 4.90 Å². The van der Waals surface area contributed by atoms with Crippen LogP contribution in [0.1, 0.15) is 23.0 Å². The summed E-state index contributed by atoms with van der Waals surface area (Å²) in [6, 6.07) is 13.9. The minimum Gasteiger partial charge on any atom is -0.496 e. The average Bonchev–Trinajstić information content (AvgIpc) is 3.55. The predicted octanol–water partition coefficient (Wildman–Crippen LogP) is 3.67. The summed E-state index contributed by atoms with van der Waals surface area (Å²) in [5, 5.41) is 13.3. The van der Waals surface area contributed by atoms with E-state index >= 15 is 0 Å². The first-order chi connectivity index (χ1) is 19.0. The molecule has 3 heterocycles. The molecule has 1 amide bonds. The zero-order valence-corrected chi connectivity index (χ0v) is 21.8. The van der Waals surface area contributed by atoms with Crippen LogP contribution in [0.4, 0.5) is 10.6 Å². The molecule has 1 aliphatic rings. The van der Waals surface area contributed by atoms with Gasteiger partial charge >= 0.3 is 6.16 Å². The van der Waals surface area contributed by atoms with Crippen LogP contribution in [0.15, 0.2) is 66.1 Å². The molecule has 0 bridgehead atoms. The van der Waals surface area contributed by atoms with Crippen LogP contribution in [0.3, 0.4) is 0 Å². The van der Waals surface area contributed by atoms with Crippen molar-refractivity contribution < 1.29 is 33.6 Å². The molecule has 5 rings (SSSR count). The topological polar surface area (TPSA) is 147 Å². The number of thioether (sulfide) groups is 1. The highest BCUT2D eigenvalue weighted by atomic mass is 32.2. The Hall–Kier alpha value is -4.20. The highest BCUT2D eigenvalue weighted by Crippen LogP contribution is 2.32. The van der Waals surface area contributed by atoms with E-state index < -0.39 is 30.5 Å². The van der Waals surface area contributed by atoms with Gasteiger partial charge in [-0.3, -0.25) is 9.36 Å². The zero-order chi connectivity index (χ0) is 27.4. The maximum atomic E-state index is 12.9. The average molecular weight is 552 g/mol. The van der Waals surface area contributed by atoms with Gasteiger partial charge in [0.2, 0.25) is 0 Å². The number of hydrogen-bond donors (Lipinski definition) is 2. The number of aliphatic hydroxyl groups is 1. The third-order valence-corrected chi connectivity index (χ3v) is 6.86. The Kier molecular flexibility index (Phi) is 7.91. The van der Waals surface area contributed by atoms with Gasteiger partial charge in [-0.2, -0.15) is 0 Å². The van der Waals surface area contributed by atoms with Crippen LogP contribution >= 0.6 is 11.8 Å². The smallest absolute Gasteiger partial charge is 0.496 e. The van der Waals surface area contributed by atoms with Gasteiger partial charge in [-0.1, -0.05) is 24.3 Å². The van der Waals surface area contributed by atoms with Crippen molar-refractivity contribution in [1.82, 2.24) is 19.5 Å². The molecule has 2 aromatic carbocycles. The van der Waals surface area contributed by atoms with E-state index in [2.05, 4.69) is 20.3 Å². The number of nitrogens with one attached hydrogen (secondary N) is 1. The molecule has 0 unspecified atom stereocenters. The lowest BCUT2D eigenvalue weighted by Crippen LogP contribution is -2.28. The monoisotopic (exact) mass is 551 g/mol. The lowest BCUT2D eigenvalue weighted by atomic mass is 10.2. The number of imidazole rings is 1. The van der Waals surface area contributed by atoms with Gasteiger partial charge in [-0.15, -0.1) is 11.8 Å². The third kappa shape index (κ3) is 5.65. The fourth-order valence-corrected chi connectivity index (χ4v) is 4.70. The Morgan fingerprint density at radius 1 is 1.13 bits per heavy atom. The van der Waals surface area contributed by atoms with Gasteiger partial charge in [0.05, 0.1) is 30.0 Å². The van der Waals surface area contributed by atoms with Gasteiger partial charge in [-0.05, 0) is 30.5 Å². The van der Waals surface area contributed by atoms with Gasteiger partial charge < -0.3 is 29.4 Å². The number of nitrogens with zero attached hydrogens (tertiary/aromatic N) is 4. The lowest BCUT2D eigenvalue weighted by Gasteiger charge is -2.16. The lowest BCUT2D eigenvalue weighted by molar-refractivity contribution is -0.0514. The van der Waals surface area contributed by atoms with Crippen molar-refractivity contribution in [3.63, 3.8) is 0 Å². The number of amides is 1. The van der Waals surface area contributed by atoms with Crippen LogP contribution in [-0.2, 0) is 9.47 Å². The molecule has 12 nitrogen and oxygen atoms in total. The minimum absolute atomic E-state index is 0.205. The largest absolute Gasteiger partial charge is 0.513 e. The summed E-state index contributed by atoms with van der Waals surface area (Å²) >= 11 is 1.44. The summed E-state index contributed by atoms with van der Waals surface area (Å²) in [5.41, 5.74) is 1.08. The second-order valence-corrected chi connectivity index (χ2v) is 9.29. The number of aromatic nitrogens is 4. The number of methoxy groups -OCH3 is 1. The van der Waals surface area contributed by atoms with Crippen molar-refractivity contribution in [1.29, 1.82) is 0 Å². The Balaban J connectivity index is 1.25. The van der Waals surface area contributed by atoms with E-state index in [1.165, 1.54) is 31.5 Å². The Bertz CT molecular complexity index is 1500. The SMILES string of the molecule is COc1ccccc1C(=O)Nc1ncnc2c1ncn2[C@H]1C[C@H](O)[C@@H](COC(=O)Oc2ccccc2SC)O1. The quantitative estimate of drug-likeness (QED) is 0.188. The first-order valence-corrected chi connectivity index (χ1v) is 13.1. The van der Waals surface area contributed by atoms with Crippen molar-refractivity contribution in [3.8, 4) is 11.5 Å². The predicted molar refractivity (Wildman–Crippen MR) is 141 cm³/mol. The molecule has 1 aliphatic heterocycles. The number of fused-ring (bicyclic) bond motifs is 1. The Labute approximate surface area is 227 Å². The molecular formula is C26H25N5O7S. The molecule has 13 heteroatoms. The number of hydrogen-bond acceptors (Lipinski definition) is 11. The number of para-hydroxylation sites is 2. The van der Waals surface area contributed by atoms with Crippen molar-refractivity contribution in [3.05, 3.63) is 66.7 Å². The van der Waals surface area contributed by atoms with E-state index in [1.54, 1.807) is 41.0 Å². The maximum absolute atomic E-state index is 12.9. The van der Waals surface area contributed by atoms with Gasteiger partial charge in [-0.25, -0.2) is 19.7 Å². The number of anilines is 1. The van der Waals surface area contributed by atoms with Gasteiger partial charge in [0.25, 0.3) is 5.91 Å². The van der Waals surface area contributed by atoms with Crippen molar-refractivity contribution in [2.24, 2.45) is 0 Å². The van der Waals surface area contributed by atoms with Crippen molar-refractivity contribution >= 4 is 40.8 Å². The summed E-state index contributed by atoms with van der Waals surface area (Å²) in [6.45, 7) is -0.209. The molecule has 202 valence electrons.